The monoisotopic (exact) mass is 258 g/mol. The molecule has 0 fully saturated rings. The van der Waals surface area contributed by atoms with Crippen molar-refractivity contribution in [2.24, 2.45) is 5.73 Å². The summed E-state index contributed by atoms with van der Waals surface area (Å²) in [4.78, 5) is 4.02. The second-order valence-corrected chi connectivity index (χ2v) is 2.49. The standard InChI is InChI=1S/C6H7BrN2.2ClH/c7-5-2-1-3-9-6(5)4-8;;/h1-3H,4,8H2;2*1H. The molecular weight excluding hydrogens is 251 g/mol. The summed E-state index contributed by atoms with van der Waals surface area (Å²) in [6, 6.07) is 3.79. The Bertz CT molecular complexity index is 208. The lowest BCUT2D eigenvalue weighted by molar-refractivity contribution is 0.979. The van der Waals surface area contributed by atoms with Crippen molar-refractivity contribution in [3.63, 3.8) is 0 Å². The van der Waals surface area contributed by atoms with Crippen LogP contribution in [0.25, 0.3) is 0 Å². The van der Waals surface area contributed by atoms with E-state index in [9.17, 15) is 0 Å². The molecule has 0 spiro atoms. The lowest BCUT2D eigenvalue weighted by Crippen LogP contribution is -1.99. The number of nitrogens with zero attached hydrogens (tertiary/aromatic N) is 1. The summed E-state index contributed by atoms with van der Waals surface area (Å²) in [5.74, 6) is 0. The molecule has 0 aliphatic carbocycles. The summed E-state index contributed by atoms with van der Waals surface area (Å²) >= 11 is 3.31. The molecule has 1 aromatic rings. The van der Waals surface area contributed by atoms with Gasteiger partial charge in [-0.1, -0.05) is 0 Å². The van der Waals surface area contributed by atoms with Crippen molar-refractivity contribution in [2.75, 3.05) is 0 Å². The van der Waals surface area contributed by atoms with Gasteiger partial charge in [-0.2, -0.15) is 0 Å². The zero-order chi connectivity index (χ0) is 6.69. The van der Waals surface area contributed by atoms with Gasteiger partial charge in [0.15, 0.2) is 0 Å². The molecule has 0 atom stereocenters. The maximum atomic E-state index is 5.36. The van der Waals surface area contributed by atoms with Crippen LogP contribution in [0.4, 0.5) is 0 Å². The molecule has 1 heterocycles. The molecule has 0 aliphatic heterocycles. The Labute approximate surface area is 86.5 Å². The normalized spacial score (nSPS) is 7.82. The molecule has 0 bridgehead atoms. The maximum absolute atomic E-state index is 5.36. The van der Waals surface area contributed by atoms with E-state index in [4.69, 9.17) is 5.73 Å². The minimum Gasteiger partial charge on any atom is -0.325 e. The predicted molar refractivity (Wildman–Crippen MR) is 54.3 cm³/mol. The van der Waals surface area contributed by atoms with Crippen LogP contribution >= 0.6 is 40.7 Å². The Morgan fingerprint density at radius 1 is 1.45 bits per heavy atom. The van der Waals surface area contributed by atoms with Gasteiger partial charge in [-0.05, 0) is 28.1 Å². The molecule has 11 heavy (non-hydrogen) atoms. The highest BCUT2D eigenvalue weighted by Crippen LogP contribution is 2.11. The smallest absolute Gasteiger partial charge is 0.0681 e. The number of hydrogen-bond acceptors (Lipinski definition) is 2. The fourth-order valence-electron chi connectivity index (χ4n) is 0.569. The van der Waals surface area contributed by atoms with E-state index in [1.54, 1.807) is 6.20 Å². The first-order valence-electron chi connectivity index (χ1n) is 2.64. The van der Waals surface area contributed by atoms with Gasteiger partial charge >= 0.3 is 0 Å². The average Bonchev–Trinajstić information content (AvgIpc) is 1.89. The summed E-state index contributed by atoms with van der Waals surface area (Å²) in [6.45, 7) is 0.488. The third-order valence-electron chi connectivity index (χ3n) is 1.03. The van der Waals surface area contributed by atoms with Gasteiger partial charge in [-0.3, -0.25) is 4.98 Å². The van der Waals surface area contributed by atoms with Gasteiger partial charge < -0.3 is 5.73 Å². The number of hydrogen-bond donors (Lipinski definition) is 1. The van der Waals surface area contributed by atoms with Crippen LogP contribution in [0.1, 0.15) is 5.69 Å². The van der Waals surface area contributed by atoms with Gasteiger partial charge in [0.25, 0.3) is 0 Å². The van der Waals surface area contributed by atoms with Gasteiger partial charge in [-0.25, -0.2) is 0 Å². The van der Waals surface area contributed by atoms with Crippen LogP contribution in [0, 0.1) is 0 Å². The summed E-state index contributed by atoms with van der Waals surface area (Å²) in [5, 5.41) is 0. The zero-order valence-electron chi connectivity index (χ0n) is 5.66. The van der Waals surface area contributed by atoms with Crippen LogP contribution in [0.5, 0.6) is 0 Å². The first-order chi connectivity index (χ1) is 4.34. The van der Waals surface area contributed by atoms with Crippen LogP contribution in [-0.2, 0) is 6.54 Å². The first kappa shape index (κ1) is 13.7. The number of pyridine rings is 1. The van der Waals surface area contributed by atoms with E-state index < -0.39 is 0 Å². The topological polar surface area (TPSA) is 38.9 Å². The first-order valence-corrected chi connectivity index (χ1v) is 3.43. The minimum absolute atomic E-state index is 0. The van der Waals surface area contributed by atoms with Gasteiger partial charge in [0, 0.05) is 17.2 Å². The largest absolute Gasteiger partial charge is 0.325 e. The fraction of sp³-hybridized carbons (Fsp3) is 0.167. The molecule has 0 saturated carbocycles. The van der Waals surface area contributed by atoms with Crippen molar-refractivity contribution < 1.29 is 0 Å². The molecule has 0 aliphatic rings. The van der Waals surface area contributed by atoms with Crippen LogP contribution in [0.2, 0.25) is 0 Å². The molecule has 0 amide bonds. The molecule has 2 N–H and O–H groups in total. The van der Waals surface area contributed by atoms with Crippen LogP contribution in [0.3, 0.4) is 0 Å². The van der Waals surface area contributed by atoms with Gasteiger partial charge in [-0.15, -0.1) is 24.8 Å². The van der Waals surface area contributed by atoms with Crippen molar-refractivity contribution in [1.29, 1.82) is 0 Å². The van der Waals surface area contributed by atoms with Crippen LogP contribution in [-0.4, -0.2) is 4.98 Å². The predicted octanol–water partition coefficient (Wildman–Crippen LogP) is 2.15. The Morgan fingerprint density at radius 3 is 2.45 bits per heavy atom. The number of nitrogens with two attached hydrogens (primary N) is 1. The summed E-state index contributed by atoms with van der Waals surface area (Å²) in [6.07, 6.45) is 1.73. The second-order valence-electron chi connectivity index (χ2n) is 1.64. The van der Waals surface area contributed by atoms with Crippen LogP contribution < -0.4 is 5.73 Å². The van der Waals surface area contributed by atoms with Crippen molar-refractivity contribution in [1.82, 2.24) is 4.98 Å². The lowest BCUT2D eigenvalue weighted by Gasteiger charge is -1.95. The summed E-state index contributed by atoms with van der Waals surface area (Å²) in [5.41, 5.74) is 6.26. The molecule has 0 aromatic carbocycles. The Morgan fingerprint density at radius 2 is 2.09 bits per heavy atom. The Balaban J connectivity index is 0. The molecule has 0 radical (unpaired) electrons. The number of rotatable bonds is 1. The van der Waals surface area contributed by atoms with Crippen molar-refractivity contribution >= 4 is 40.7 Å². The molecule has 64 valence electrons. The van der Waals surface area contributed by atoms with E-state index in [1.807, 2.05) is 12.1 Å². The van der Waals surface area contributed by atoms with E-state index in [-0.39, 0.29) is 24.8 Å². The van der Waals surface area contributed by atoms with E-state index in [2.05, 4.69) is 20.9 Å². The van der Waals surface area contributed by atoms with Crippen LogP contribution in [0.15, 0.2) is 22.8 Å². The van der Waals surface area contributed by atoms with E-state index >= 15 is 0 Å². The fourth-order valence-corrected chi connectivity index (χ4v) is 0.985. The highest BCUT2D eigenvalue weighted by Gasteiger charge is 1.93. The number of halogens is 3. The highest BCUT2D eigenvalue weighted by atomic mass is 79.9. The quantitative estimate of drug-likeness (QED) is 0.840. The summed E-state index contributed by atoms with van der Waals surface area (Å²) in [7, 11) is 0. The molecule has 1 rings (SSSR count). The third-order valence-corrected chi connectivity index (χ3v) is 1.75. The Kier molecular flexibility index (Phi) is 8.56. The molecule has 5 heteroatoms. The molecular formula is C6H9BrCl2N2. The third kappa shape index (κ3) is 3.91. The zero-order valence-corrected chi connectivity index (χ0v) is 8.88. The second kappa shape index (κ2) is 6.85. The molecule has 2 nitrogen and oxygen atoms in total. The van der Waals surface area contributed by atoms with E-state index in [1.165, 1.54) is 0 Å². The van der Waals surface area contributed by atoms with Crippen molar-refractivity contribution in [3.8, 4) is 0 Å². The Hall–Kier alpha value is 0.170. The van der Waals surface area contributed by atoms with Gasteiger partial charge in [0.2, 0.25) is 0 Å². The highest BCUT2D eigenvalue weighted by molar-refractivity contribution is 9.10. The molecule has 0 unspecified atom stereocenters. The summed E-state index contributed by atoms with van der Waals surface area (Å²) < 4.78 is 0.979. The molecule has 0 saturated heterocycles. The minimum atomic E-state index is 0. The van der Waals surface area contributed by atoms with E-state index in [0.29, 0.717) is 6.54 Å². The van der Waals surface area contributed by atoms with E-state index in [0.717, 1.165) is 10.2 Å². The number of aromatic nitrogens is 1. The average molecular weight is 260 g/mol. The van der Waals surface area contributed by atoms with Crippen molar-refractivity contribution in [3.05, 3.63) is 28.5 Å². The SMILES string of the molecule is Cl.Cl.NCc1ncccc1Br. The van der Waals surface area contributed by atoms with Gasteiger partial charge in [0.1, 0.15) is 0 Å². The van der Waals surface area contributed by atoms with Crippen molar-refractivity contribution in [2.45, 2.75) is 6.54 Å². The maximum Gasteiger partial charge on any atom is 0.0681 e. The van der Waals surface area contributed by atoms with Gasteiger partial charge in [0.05, 0.1) is 5.69 Å². The lowest BCUT2D eigenvalue weighted by atomic mass is 10.4. The molecule has 1 aromatic heterocycles.